The third-order valence-electron chi connectivity index (χ3n) is 4.70. The number of hydrogen-bond acceptors (Lipinski definition) is 6. The molecular weight excluding hydrogens is 370 g/mol. The van der Waals surface area contributed by atoms with E-state index < -0.39 is 0 Å². The van der Waals surface area contributed by atoms with Crippen LogP contribution in [0.5, 0.6) is 11.5 Å². The summed E-state index contributed by atoms with van der Waals surface area (Å²) in [5, 5.41) is 4.00. The summed E-state index contributed by atoms with van der Waals surface area (Å²) >= 11 is 0. The second-order valence-corrected chi connectivity index (χ2v) is 6.79. The maximum atomic E-state index is 12.5. The van der Waals surface area contributed by atoms with Crippen LogP contribution in [0, 0.1) is 6.92 Å². The minimum absolute atomic E-state index is 0.0164. The lowest BCUT2D eigenvalue weighted by atomic mass is 10.1. The van der Waals surface area contributed by atoms with Crippen LogP contribution in [0.1, 0.15) is 23.4 Å². The van der Waals surface area contributed by atoms with E-state index in [-0.39, 0.29) is 12.5 Å². The van der Waals surface area contributed by atoms with Crippen molar-refractivity contribution in [3.8, 4) is 22.9 Å². The van der Waals surface area contributed by atoms with Crippen molar-refractivity contribution in [3.05, 3.63) is 59.5 Å². The molecule has 0 aliphatic carbocycles. The quantitative estimate of drug-likeness (QED) is 0.579. The maximum absolute atomic E-state index is 12.5. The van der Waals surface area contributed by atoms with Gasteiger partial charge in [0.2, 0.25) is 17.6 Å². The van der Waals surface area contributed by atoms with Gasteiger partial charge in [0.15, 0.2) is 0 Å². The third kappa shape index (κ3) is 5.13. The summed E-state index contributed by atoms with van der Waals surface area (Å²) in [6, 6.07) is 13.4. The van der Waals surface area contributed by atoms with Crippen molar-refractivity contribution in [3.63, 3.8) is 0 Å². The van der Waals surface area contributed by atoms with Crippen molar-refractivity contribution in [2.75, 3.05) is 21.3 Å². The number of nitrogens with zero attached hydrogens (tertiary/aromatic N) is 3. The Balaban J connectivity index is 1.55. The maximum Gasteiger partial charge on any atom is 0.246 e. The van der Waals surface area contributed by atoms with Crippen molar-refractivity contribution >= 4 is 5.91 Å². The summed E-state index contributed by atoms with van der Waals surface area (Å²) in [5.74, 6) is 2.50. The molecule has 0 saturated heterocycles. The zero-order chi connectivity index (χ0) is 20.8. The molecule has 0 aliphatic heterocycles. The van der Waals surface area contributed by atoms with Gasteiger partial charge in [-0.3, -0.25) is 4.79 Å². The molecule has 2 aromatic carbocycles. The van der Waals surface area contributed by atoms with Crippen LogP contribution in [-0.4, -0.2) is 42.2 Å². The van der Waals surface area contributed by atoms with E-state index in [0.29, 0.717) is 24.6 Å². The number of rotatable bonds is 8. The van der Waals surface area contributed by atoms with Crippen molar-refractivity contribution in [1.82, 2.24) is 15.0 Å². The lowest BCUT2D eigenvalue weighted by Crippen LogP contribution is -2.26. The first-order valence-corrected chi connectivity index (χ1v) is 9.34. The summed E-state index contributed by atoms with van der Waals surface area (Å²) in [4.78, 5) is 18.5. The molecule has 7 nitrogen and oxygen atoms in total. The van der Waals surface area contributed by atoms with Crippen LogP contribution < -0.4 is 9.47 Å². The minimum atomic E-state index is 0.0164. The molecule has 7 heteroatoms. The Labute approximate surface area is 170 Å². The molecule has 0 N–H and O–H groups in total. The Bertz CT molecular complexity index is 966. The van der Waals surface area contributed by atoms with Crippen LogP contribution >= 0.6 is 0 Å². The fourth-order valence-electron chi connectivity index (χ4n) is 3.01. The molecule has 0 aliphatic rings. The Kier molecular flexibility index (Phi) is 6.49. The second kappa shape index (κ2) is 9.23. The van der Waals surface area contributed by atoms with E-state index >= 15 is 0 Å². The van der Waals surface area contributed by atoms with Crippen LogP contribution in [0.25, 0.3) is 11.4 Å². The second-order valence-electron chi connectivity index (χ2n) is 6.79. The first-order valence-electron chi connectivity index (χ1n) is 9.34. The number of aryl methyl sites for hydroxylation is 2. The van der Waals surface area contributed by atoms with E-state index in [4.69, 9.17) is 14.0 Å². The Morgan fingerprint density at radius 2 is 1.86 bits per heavy atom. The van der Waals surface area contributed by atoms with Crippen LogP contribution in [0.4, 0.5) is 0 Å². The molecule has 0 bridgehead atoms. The Morgan fingerprint density at radius 3 is 2.52 bits per heavy atom. The van der Waals surface area contributed by atoms with Crippen LogP contribution in [0.15, 0.2) is 47.0 Å². The van der Waals surface area contributed by atoms with Crippen LogP contribution in [0.2, 0.25) is 0 Å². The van der Waals surface area contributed by atoms with Gasteiger partial charge in [0, 0.05) is 19.0 Å². The first-order chi connectivity index (χ1) is 14.0. The molecule has 1 amide bonds. The molecule has 3 aromatic rings. The highest BCUT2D eigenvalue weighted by molar-refractivity contribution is 5.76. The number of benzene rings is 2. The van der Waals surface area contributed by atoms with Gasteiger partial charge in [0.05, 0.1) is 20.8 Å². The fourth-order valence-corrected chi connectivity index (χ4v) is 3.01. The standard InChI is InChI=1S/C22H25N3O4/c1-15-13-16(5-11-19(15)28-4)6-12-21(26)25(2)14-20-23-22(24-29-20)17-7-9-18(27-3)10-8-17/h5,7-11,13H,6,12,14H2,1-4H3. The molecule has 0 spiro atoms. The fraction of sp³-hybridized carbons (Fsp3) is 0.318. The normalized spacial score (nSPS) is 10.6. The van der Waals surface area contributed by atoms with Gasteiger partial charge >= 0.3 is 0 Å². The first kappa shape index (κ1) is 20.4. The van der Waals surface area contributed by atoms with Gasteiger partial charge in [-0.15, -0.1) is 0 Å². The van der Waals surface area contributed by atoms with E-state index in [2.05, 4.69) is 10.1 Å². The van der Waals surface area contributed by atoms with Crippen molar-refractivity contribution in [2.24, 2.45) is 0 Å². The molecular formula is C22H25N3O4. The lowest BCUT2D eigenvalue weighted by molar-refractivity contribution is -0.130. The van der Waals surface area contributed by atoms with Gasteiger partial charge in [-0.2, -0.15) is 4.98 Å². The van der Waals surface area contributed by atoms with E-state index in [1.807, 2.05) is 49.4 Å². The molecule has 0 saturated carbocycles. The van der Waals surface area contributed by atoms with Gasteiger partial charge in [-0.1, -0.05) is 17.3 Å². The number of aromatic nitrogens is 2. The van der Waals surface area contributed by atoms with Gasteiger partial charge in [0.1, 0.15) is 11.5 Å². The summed E-state index contributed by atoms with van der Waals surface area (Å²) < 4.78 is 15.7. The molecule has 29 heavy (non-hydrogen) atoms. The van der Waals surface area contributed by atoms with E-state index in [0.717, 1.165) is 28.2 Å². The highest BCUT2D eigenvalue weighted by atomic mass is 16.5. The number of hydrogen-bond donors (Lipinski definition) is 0. The van der Waals surface area contributed by atoms with E-state index in [9.17, 15) is 4.79 Å². The number of carbonyl (C=O) groups is 1. The zero-order valence-electron chi connectivity index (χ0n) is 17.1. The molecule has 0 unspecified atom stereocenters. The largest absolute Gasteiger partial charge is 0.497 e. The number of amides is 1. The molecule has 3 rings (SSSR count). The van der Waals surface area contributed by atoms with Crippen molar-refractivity contribution in [1.29, 1.82) is 0 Å². The van der Waals surface area contributed by atoms with Crippen molar-refractivity contribution < 1.29 is 18.8 Å². The van der Waals surface area contributed by atoms with Gasteiger partial charge in [0.25, 0.3) is 0 Å². The number of methoxy groups -OCH3 is 2. The molecule has 152 valence electrons. The number of ether oxygens (including phenoxy) is 2. The predicted molar refractivity (Wildman–Crippen MR) is 109 cm³/mol. The van der Waals surface area contributed by atoms with Gasteiger partial charge < -0.3 is 18.9 Å². The molecule has 1 heterocycles. The highest BCUT2D eigenvalue weighted by Gasteiger charge is 2.15. The Morgan fingerprint density at radius 1 is 1.10 bits per heavy atom. The predicted octanol–water partition coefficient (Wildman–Crippen LogP) is 3.65. The van der Waals surface area contributed by atoms with Crippen molar-refractivity contribution in [2.45, 2.75) is 26.3 Å². The third-order valence-corrected chi connectivity index (χ3v) is 4.70. The van der Waals surface area contributed by atoms with Gasteiger partial charge in [-0.25, -0.2) is 0 Å². The average Bonchev–Trinajstić information content (AvgIpc) is 3.20. The van der Waals surface area contributed by atoms with Gasteiger partial charge in [-0.05, 0) is 54.8 Å². The summed E-state index contributed by atoms with van der Waals surface area (Å²) in [6.45, 7) is 2.26. The lowest BCUT2D eigenvalue weighted by Gasteiger charge is -2.15. The minimum Gasteiger partial charge on any atom is -0.497 e. The zero-order valence-corrected chi connectivity index (χ0v) is 17.1. The van der Waals surface area contributed by atoms with Crippen LogP contribution in [-0.2, 0) is 17.8 Å². The topological polar surface area (TPSA) is 77.7 Å². The Hall–Kier alpha value is -3.35. The number of carbonyl (C=O) groups excluding carboxylic acids is 1. The molecule has 0 atom stereocenters. The summed E-state index contributed by atoms with van der Waals surface area (Å²) in [5.41, 5.74) is 2.98. The average molecular weight is 395 g/mol. The molecule has 0 radical (unpaired) electrons. The molecule has 1 aromatic heterocycles. The highest BCUT2D eigenvalue weighted by Crippen LogP contribution is 2.21. The van der Waals surface area contributed by atoms with E-state index in [1.54, 1.807) is 26.2 Å². The SMILES string of the molecule is COc1ccc(-c2noc(CN(C)C(=O)CCc3ccc(OC)c(C)c3)n2)cc1. The molecule has 0 fully saturated rings. The van der Waals surface area contributed by atoms with Crippen LogP contribution in [0.3, 0.4) is 0 Å². The smallest absolute Gasteiger partial charge is 0.246 e. The summed E-state index contributed by atoms with van der Waals surface area (Å²) in [6.07, 6.45) is 1.07. The monoisotopic (exact) mass is 395 g/mol. The summed E-state index contributed by atoms with van der Waals surface area (Å²) in [7, 11) is 5.00. The van der Waals surface area contributed by atoms with E-state index in [1.165, 1.54) is 0 Å².